The molecule has 1 N–H and O–H groups in total. The number of hydrogen-bond donors (Lipinski definition) is 1. The molecule has 1 amide bonds. The Morgan fingerprint density at radius 1 is 0.961 bits per heavy atom. The largest absolute Gasteiger partial charge is 1.00 e. The molecule has 51 heavy (non-hydrogen) atoms. The number of unbranched alkanes of at least 4 members (excludes halogenated alkanes) is 2. The maximum atomic E-state index is 12.1. The summed E-state index contributed by atoms with van der Waals surface area (Å²) < 4.78 is 71.8. The van der Waals surface area contributed by atoms with Crippen LogP contribution in [0.25, 0.3) is 5.69 Å². The molecule has 0 bridgehead atoms. The van der Waals surface area contributed by atoms with Gasteiger partial charge in [0.1, 0.15) is 29.1 Å². The smallest absolute Gasteiger partial charge is 0.748 e. The van der Waals surface area contributed by atoms with Crippen LogP contribution in [0.2, 0.25) is 0 Å². The minimum Gasteiger partial charge on any atom is -0.748 e. The molecular formula is C27H27K3N8O10S3. The van der Waals surface area contributed by atoms with Gasteiger partial charge in [-0.1, -0.05) is 6.07 Å². The first kappa shape index (κ1) is 51.5. The minimum atomic E-state index is -4.42. The second-order valence-electron chi connectivity index (χ2n) is 9.90. The van der Waals surface area contributed by atoms with Crippen molar-refractivity contribution in [2.45, 2.75) is 37.5 Å². The first-order valence-corrected chi connectivity index (χ1v) is 17.8. The van der Waals surface area contributed by atoms with Crippen molar-refractivity contribution in [2.24, 2.45) is 10.2 Å². The summed E-state index contributed by atoms with van der Waals surface area (Å²) in [6.07, 6.45) is 1.91. The fourth-order valence-corrected chi connectivity index (χ4v) is 5.99. The number of anilines is 2. The molecular weight excluding hydrogens is 810 g/mol. The monoisotopic (exact) mass is 836 g/mol. The number of carbonyl (C=O) groups is 1. The SMILES string of the molecule is CC(=O)Nc1cc(N(CCCCS(=O)(=O)[O-])CCCCS(=O)(=O)[O-])ccc1N=Nc1c(C#N)cnn1-c1c(C#N)cccc1SOO[O-].[K+].[K+].[K+]. The number of rotatable bonds is 18. The van der Waals surface area contributed by atoms with Crippen LogP contribution in [0.1, 0.15) is 43.7 Å². The second-order valence-corrected chi connectivity index (χ2v) is 13.7. The van der Waals surface area contributed by atoms with Crippen molar-refractivity contribution in [3.05, 3.63) is 53.7 Å². The molecule has 0 atom stereocenters. The number of nitrogens with one attached hydrogen (secondary N) is 1. The van der Waals surface area contributed by atoms with Crippen LogP contribution in [0.5, 0.6) is 0 Å². The Kier molecular flexibility index (Phi) is 25.8. The molecule has 24 heteroatoms. The molecule has 0 saturated carbocycles. The third-order valence-electron chi connectivity index (χ3n) is 6.40. The molecule has 0 saturated heterocycles. The zero-order chi connectivity index (χ0) is 35.3. The Morgan fingerprint density at radius 2 is 1.57 bits per heavy atom. The van der Waals surface area contributed by atoms with Crippen molar-refractivity contribution in [2.75, 3.05) is 34.8 Å². The van der Waals surface area contributed by atoms with E-state index >= 15 is 0 Å². The zero-order valence-corrected chi connectivity index (χ0v) is 40.0. The van der Waals surface area contributed by atoms with Crippen LogP contribution in [0.3, 0.4) is 0 Å². The number of azo groups is 1. The van der Waals surface area contributed by atoms with E-state index in [1.807, 2.05) is 12.1 Å². The van der Waals surface area contributed by atoms with Crippen LogP contribution in [0.4, 0.5) is 22.9 Å². The molecule has 0 aliphatic rings. The van der Waals surface area contributed by atoms with Gasteiger partial charge in [-0.15, -0.1) is 10.2 Å². The molecule has 0 unspecified atom stereocenters. The number of hydrogen-bond acceptors (Lipinski definition) is 17. The predicted molar refractivity (Wildman–Crippen MR) is 166 cm³/mol. The van der Waals surface area contributed by atoms with Gasteiger partial charge in [-0.3, -0.25) is 9.83 Å². The Balaban J connectivity index is 0.00000833. The van der Waals surface area contributed by atoms with E-state index in [4.69, 9.17) is 0 Å². The molecule has 3 rings (SSSR count). The first-order valence-electron chi connectivity index (χ1n) is 13.9. The Bertz CT molecular complexity index is 1910. The van der Waals surface area contributed by atoms with Gasteiger partial charge < -0.3 is 24.6 Å². The maximum absolute atomic E-state index is 12.1. The van der Waals surface area contributed by atoms with Crippen molar-refractivity contribution in [3.63, 3.8) is 0 Å². The molecule has 1 heterocycles. The standard InChI is InChI=1S/C27H30N8O10S3.3K/c1-19(36)31-24-15-22(34(11-2-4-13-47(38,39)40)12-3-5-14-48(41,42)43)9-10-23(24)32-33-27-21(17-29)18-30-35(27)26-20(16-28)7-6-8-25(26)46-45-44-37;;;/h6-10,15,18,37H,2-5,11-14H2,1H3,(H,31,36)(H,38,39,40)(H,41,42,43);;;/q;3*+1/p-3. The van der Waals surface area contributed by atoms with Crippen molar-refractivity contribution >= 4 is 61.1 Å². The van der Waals surface area contributed by atoms with E-state index < -0.39 is 37.6 Å². The van der Waals surface area contributed by atoms with Crippen LogP contribution in [0, 0.1) is 22.7 Å². The van der Waals surface area contributed by atoms with E-state index in [0.29, 0.717) is 17.7 Å². The van der Waals surface area contributed by atoms with Crippen LogP contribution in [-0.4, -0.2) is 66.2 Å². The summed E-state index contributed by atoms with van der Waals surface area (Å²) in [6, 6.07) is 13.1. The van der Waals surface area contributed by atoms with Crippen molar-refractivity contribution in [1.82, 2.24) is 9.78 Å². The fraction of sp³-hybridized carbons (Fsp3) is 0.333. The number of aromatic nitrogens is 2. The maximum Gasteiger partial charge on any atom is 1.00 e. The van der Waals surface area contributed by atoms with E-state index in [0.717, 1.165) is 4.68 Å². The summed E-state index contributed by atoms with van der Waals surface area (Å²) in [6.45, 7) is 1.77. The minimum absolute atomic E-state index is 0. The van der Waals surface area contributed by atoms with Gasteiger partial charge in [0.25, 0.3) is 0 Å². The van der Waals surface area contributed by atoms with Crippen LogP contribution in [0.15, 0.2) is 57.7 Å². The van der Waals surface area contributed by atoms with Crippen LogP contribution in [-0.2, 0) is 34.4 Å². The summed E-state index contributed by atoms with van der Waals surface area (Å²) in [5.41, 5.74) is 0.986. The number of nitriles is 2. The molecule has 0 fully saturated rings. The van der Waals surface area contributed by atoms with E-state index in [2.05, 4.69) is 30.0 Å². The first-order chi connectivity index (χ1) is 22.8. The number of benzene rings is 2. The summed E-state index contributed by atoms with van der Waals surface area (Å²) >= 11 is 0.497. The van der Waals surface area contributed by atoms with Gasteiger partial charge in [0, 0.05) is 37.2 Å². The molecule has 0 aliphatic heterocycles. The van der Waals surface area contributed by atoms with Gasteiger partial charge in [-0.2, -0.15) is 20.0 Å². The summed E-state index contributed by atoms with van der Waals surface area (Å²) in [5, 5.41) is 48.6. The van der Waals surface area contributed by atoms with Gasteiger partial charge in [0.15, 0.2) is 5.82 Å². The number of carbonyl (C=O) groups excluding carboxylic acids is 1. The normalized spacial score (nSPS) is 11.0. The van der Waals surface area contributed by atoms with E-state index in [-0.39, 0.29) is 232 Å². The summed E-state index contributed by atoms with van der Waals surface area (Å²) in [7, 11) is -8.84. The molecule has 0 spiro atoms. The molecule has 0 radical (unpaired) electrons. The average Bonchev–Trinajstić information content (AvgIpc) is 3.43. The van der Waals surface area contributed by atoms with E-state index in [1.54, 1.807) is 17.0 Å². The molecule has 1 aromatic heterocycles. The Labute approximate surface area is 426 Å². The van der Waals surface area contributed by atoms with E-state index in [1.165, 1.54) is 37.4 Å². The predicted octanol–water partition coefficient (Wildman–Crippen LogP) is -6.31. The number of nitrogens with zero attached hydrogens (tertiary/aromatic N) is 7. The quantitative estimate of drug-likeness (QED) is 0.0237. The van der Waals surface area contributed by atoms with Gasteiger partial charge in [0.2, 0.25) is 5.91 Å². The van der Waals surface area contributed by atoms with Crippen molar-refractivity contribution < 1.29 is 200 Å². The molecule has 18 nitrogen and oxygen atoms in total. The Morgan fingerprint density at radius 3 is 2.10 bits per heavy atom. The van der Waals surface area contributed by atoms with Gasteiger partial charge in [-0.25, -0.2) is 21.5 Å². The van der Waals surface area contributed by atoms with Crippen molar-refractivity contribution in [1.29, 1.82) is 10.5 Å². The third-order valence-corrected chi connectivity index (χ3v) is 8.61. The zero-order valence-electron chi connectivity index (χ0n) is 28.1. The fourth-order valence-electron chi connectivity index (χ4n) is 4.36. The van der Waals surface area contributed by atoms with Gasteiger partial charge in [0.05, 0.1) is 54.6 Å². The Hall–Kier alpha value is 0.459. The summed E-state index contributed by atoms with van der Waals surface area (Å²) in [4.78, 5) is 14.1. The molecule has 256 valence electrons. The second kappa shape index (κ2) is 25.6. The number of para-hydroxylation sites is 1. The van der Waals surface area contributed by atoms with Crippen LogP contribution < -0.4 is 170 Å². The van der Waals surface area contributed by atoms with Gasteiger partial charge in [-0.05, 0) is 56.0 Å². The molecule has 0 aliphatic carbocycles. The number of amides is 1. The topological polar surface area (TPSA) is 278 Å². The van der Waals surface area contributed by atoms with Crippen LogP contribution >= 0.6 is 12.0 Å². The van der Waals surface area contributed by atoms with E-state index in [9.17, 15) is 46.5 Å². The molecule has 2 aromatic carbocycles. The molecule has 3 aromatic rings. The van der Waals surface area contributed by atoms with Gasteiger partial charge >= 0.3 is 154 Å². The third kappa shape index (κ3) is 17.9. The average molecular weight is 837 g/mol. The summed E-state index contributed by atoms with van der Waals surface area (Å²) in [5.74, 6) is -1.70. The van der Waals surface area contributed by atoms with Crippen molar-refractivity contribution in [3.8, 4) is 17.8 Å².